The number of ether oxygens (including phenoxy) is 2. The van der Waals surface area contributed by atoms with Gasteiger partial charge in [0.05, 0.1) is 11.8 Å². The van der Waals surface area contributed by atoms with Crippen molar-refractivity contribution in [3.63, 3.8) is 0 Å². The minimum Gasteiger partial charge on any atom is -0.462 e. The molecule has 0 bridgehead atoms. The van der Waals surface area contributed by atoms with E-state index in [-0.39, 0.29) is 36.0 Å². The van der Waals surface area contributed by atoms with Crippen LogP contribution in [0, 0.1) is 35.5 Å². The largest absolute Gasteiger partial charge is 0.462 e. The highest BCUT2D eigenvalue weighted by molar-refractivity contribution is 5.75. The molecule has 0 unspecified atom stereocenters. The molecule has 1 aliphatic carbocycles. The first-order chi connectivity index (χ1) is 13.0. The monoisotopic (exact) mass is 375 g/mol. The van der Waals surface area contributed by atoms with Crippen LogP contribution in [0.1, 0.15) is 59.3 Å². The van der Waals surface area contributed by atoms with E-state index in [1.165, 1.54) is 19.3 Å². The van der Waals surface area contributed by atoms with E-state index < -0.39 is 0 Å². The fourth-order valence-electron chi connectivity index (χ4n) is 7.48. The van der Waals surface area contributed by atoms with Crippen molar-refractivity contribution in [3.05, 3.63) is 0 Å². The molecule has 1 saturated carbocycles. The lowest BCUT2D eigenvalue weighted by Gasteiger charge is -2.48. The van der Waals surface area contributed by atoms with Crippen LogP contribution in [0.5, 0.6) is 0 Å². The summed E-state index contributed by atoms with van der Waals surface area (Å²) in [7, 11) is 0. The molecule has 5 fully saturated rings. The van der Waals surface area contributed by atoms with Gasteiger partial charge in [0, 0.05) is 23.9 Å². The number of hydrogen-bond acceptors (Lipinski definition) is 5. The van der Waals surface area contributed by atoms with Crippen molar-refractivity contribution in [2.24, 2.45) is 35.5 Å². The van der Waals surface area contributed by atoms with Crippen LogP contribution in [0.3, 0.4) is 0 Å². The van der Waals surface area contributed by atoms with Crippen LogP contribution in [0.15, 0.2) is 0 Å². The van der Waals surface area contributed by atoms with E-state index >= 15 is 0 Å². The van der Waals surface area contributed by atoms with Gasteiger partial charge < -0.3 is 9.47 Å². The van der Waals surface area contributed by atoms with Gasteiger partial charge >= 0.3 is 11.9 Å². The minimum absolute atomic E-state index is 0.00362. The third-order valence-electron chi connectivity index (χ3n) is 8.61. The maximum atomic E-state index is 12.5. The summed E-state index contributed by atoms with van der Waals surface area (Å²) in [5.74, 6) is 1.94. The Hall–Kier alpha value is -1.10. The zero-order valence-corrected chi connectivity index (χ0v) is 16.8. The van der Waals surface area contributed by atoms with E-state index in [0.29, 0.717) is 35.8 Å². The first-order valence-electron chi connectivity index (χ1n) is 11.2. The van der Waals surface area contributed by atoms with Crippen molar-refractivity contribution < 1.29 is 19.1 Å². The fourth-order valence-corrected chi connectivity index (χ4v) is 7.48. The van der Waals surface area contributed by atoms with Crippen molar-refractivity contribution in [1.82, 2.24) is 4.90 Å². The predicted octanol–water partition coefficient (Wildman–Crippen LogP) is 3.01. The van der Waals surface area contributed by atoms with Crippen LogP contribution in [0.25, 0.3) is 0 Å². The van der Waals surface area contributed by atoms with Gasteiger partial charge in [-0.1, -0.05) is 27.2 Å². The zero-order chi connectivity index (χ0) is 18.9. The molecule has 150 valence electrons. The number of fused-ring (bicyclic) bond motifs is 2. The highest BCUT2D eigenvalue weighted by Gasteiger charge is 2.63. The lowest BCUT2D eigenvalue weighted by Crippen LogP contribution is -2.54. The lowest BCUT2D eigenvalue weighted by molar-refractivity contribution is -0.148. The minimum atomic E-state index is -0.0294. The standard InChI is InChI=1S/C22H33NO4/c1-4-13-14-7-5-6-8-23-16(17-9-11(2)21(24)26-17)10-15(19(14)23)18-12(3)22(25)27-20(13)18/h11-20H,4-10H2,1-3H3/t11-,12-,13+,14+,15+,16-,17-,18+,19+,20-/m0/s1. The van der Waals surface area contributed by atoms with Crippen LogP contribution < -0.4 is 0 Å². The Bertz CT molecular complexity index is 636. The molecule has 4 saturated heterocycles. The first-order valence-corrected chi connectivity index (χ1v) is 11.2. The molecule has 0 amide bonds. The van der Waals surface area contributed by atoms with Gasteiger partial charge in [0.2, 0.25) is 0 Å². The van der Waals surface area contributed by atoms with Gasteiger partial charge in [-0.15, -0.1) is 0 Å². The van der Waals surface area contributed by atoms with Crippen LogP contribution >= 0.6 is 0 Å². The molecule has 0 N–H and O–H groups in total. The summed E-state index contributed by atoms with van der Waals surface area (Å²) in [6, 6.07) is 0.865. The Morgan fingerprint density at radius 3 is 2.56 bits per heavy atom. The predicted molar refractivity (Wildman–Crippen MR) is 99.7 cm³/mol. The van der Waals surface area contributed by atoms with Gasteiger partial charge in [-0.05, 0) is 50.5 Å². The second kappa shape index (κ2) is 6.47. The van der Waals surface area contributed by atoms with Crippen molar-refractivity contribution in [1.29, 1.82) is 0 Å². The average Bonchev–Trinajstić information content (AvgIpc) is 3.20. The zero-order valence-electron chi connectivity index (χ0n) is 16.8. The number of rotatable bonds is 2. The summed E-state index contributed by atoms with van der Waals surface area (Å²) in [4.78, 5) is 27.3. The van der Waals surface area contributed by atoms with Crippen LogP contribution in [0.4, 0.5) is 0 Å². The van der Waals surface area contributed by atoms with Crippen molar-refractivity contribution in [3.8, 4) is 0 Å². The number of nitrogens with zero attached hydrogens (tertiary/aromatic N) is 1. The number of hydrogen-bond donors (Lipinski definition) is 0. The molecule has 5 heteroatoms. The van der Waals surface area contributed by atoms with E-state index in [9.17, 15) is 9.59 Å². The quantitative estimate of drug-likeness (QED) is 0.695. The molecule has 5 rings (SSSR count). The lowest BCUT2D eigenvalue weighted by atomic mass is 9.60. The Kier molecular flexibility index (Phi) is 4.30. The summed E-state index contributed by atoms with van der Waals surface area (Å²) in [5.41, 5.74) is 0. The smallest absolute Gasteiger partial charge is 0.309 e. The van der Waals surface area contributed by atoms with Gasteiger partial charge in [0.1, 0.15) is 12.2 Å². The van der Waals surface area contributed by atoms with Crippen molar-refractivity contribution >= 4 is 11.9 Å². The van der Waals surface area contributed by atoms with Gasteiger partial charge in [0.25, 0.3) is 0 Å². The Balaban J connectivity index is 1.51. The van der Waals surface area contributed by atoms with E-state index in [1.54, 1.807) is 0 Å². The van der Waals surface area contributed by atoms with E-state index in [1.807, 2.05) is 6.92 Å². The summed E-state index contributed by atoms with van der Waals surface area (Å²) >= 11 is 0. The van der Waals surface area contributed by atoms with Crippen LogP contribution in [-0.2, 0) is 19.1 Å². The molecule has 0 aromatic heterocycles. The summed E-state index contributed by atoms with van der Waals surface area (Å²) < 4.78 is 11.8. The van der Waals surface area contributed by atoms with Crippen LogP contribution in [-0.4, -0.2) is 47.7 Å². The highest BCUT2D eigenvalue weighted by Crippen LogP contribution is 2.57. The number of carbonyl (C=O) groups is 2. The van der Waals surface area contributed by atoms with Gasteiger partial charge in [-0.25, -0.2) is 0 Å². The number of esters is 2. The molecule has 0 radical (unpaired) electrons. The van der Waals surface area contributed by atoms with Crippen LogP contribution in [0.2, 0.25) is 0 Å². The van der Waals surface area contributed by atoms with E-state index in [2.05, 4.69) is 18.7 Å². The molecule has 27 heavy (non-hydrogen) atoms. The Morgan fingerprint density at radius 2 is 1.85 bits per heavy atom. The molecule has 0 aromatic rings. The second-order valence-electron chi connectivity index (χ2n) is 9.81. The Morgan fingerprint density at radius 1 is 1.04 bits per heavy atom. The maximum absolute atomic E-state index is 12.5. The average molecular weight is 376 g/mol. The highest BCUT2D eigenvalue weighted by atomic mass is 16.6. The molecular weight excluding hydrogens is 342 g/mol. The molecule has 4 heterocycles. The fraction of sp³-hybridized carbons (Fsp3) is 0.909. The summed E-state index contributed by atoms with van der Waals surface area (Å²) in [6.07, 6.45) is 6.87. The second-order valence-corrected chi connectivity index (χ2v) is 9.81. The summed E-state index contributed by atoms with van der Waals surface area (Å²) in [5, 5.41) is 0. The van der Waals surface area contributed by atoms with E-state index in [4.69, 9.17) is 9.47 Å². The molecule has 4 aliphatic heterocycles. The van der Waals surface area contributed by atoms with Crippen molar-refractivity contribution in [2.75, 3.05) is 6.54 Å². The normalized spacial score (nSPS) is 52.1. The van der Waals surface area contributed by atoms with Crippen molar-refractivity contribution in [2.45, 2.75) is 83.6 Å². The number of carbonyl (C=O) groups excluding carboxylic acids is 2. The maximum Gasteiger partial charge on any atom is 0.309 e. The SMILES string of the molecule is CC[C@@H]1[C@H]2CCCCN3[C@H]2[C@H](C[C@H]3[C@@H]2C[C@H](C)C(=O)O2)[C@@H]2[C@H]1OC(=O)[C@H]2C. The third kappa shape index (κ3) is 2.53. The van der Waals surface area contributed by atoms with Gasteiger partial charge in [-0.3, -0.25) is 14.5 Å². The Labute approximate surface area is 162 Å². The summed E-state index contributed by atoms with van der Waals surface area (Å²) in [6.45, 7) is 7.44. The number of cyclic esters (lactones) is 1. The van der Waals surface area contributed by atoms with Gasteiger partial charge in [0.15, 0.2) is 0 Å². The first kappa shape index (κ1) is 18.0. The molecule has 5 nitrogen and oxygen atoms in total. The topological polar surface area (TPSA) is 55.8 Å². The molecular formula is C22H33NO4. The molecule has 5 aliphatic rings. The molecule has 0 aromatic carbocycles. The molecule has 10 atom stereocenters. The molecule has 0 spiro atoms. The van der Waals surface area contributed by atoms with E-state index in [0.717, 1.165) is 25.8 Å². The third-order valence-corrected chi connectivity index (χ3v) is 8.61. The van der Waals surface area contributed by atoms with Gasteiger partial charge in [-0.2, -0.15) is 0 Å².